The summed E-state index contributed by atoms with van der Waals surface area (Å²) in [7, 11) is 3.21. The first-order valence-electron chi connectivity index (χ1n) is 9.88. The standard InChI is InChI=1S/C24H20ClFN2O3/c1-29-22-10-8-14(12-23(22)30-2)19-13-20-16-5-3-4-6-21(16)31-24(28(20)27-19)15-7-9-17(25)18(26)11-15/h3-12,20,24H,13H2,1-2H3/t20-,24+/m1/s1. The van der Waals surface area contributed by atoms with E-state index < -0.39 is 12.0 Å². The van der Waals surface area contributed by atoms with Crippen molar-refractivity contribution in [2.24, 2.45) is 5.10 Å². The Kier molecular flexibility index (Phi) is 4.94. The first kappa shape index (κ1) is 19.7. The molecule has 0 spiro atoms. The third kappa shape index (κ3) is 3.37. The summed E-state index contributed by atoms with van der Waals surface area (Å²) < 4.78 is 31.3. The van der Waals surface area contributed by atoms with E-state index in [-0.39, 0.29) is 11.1 Å². The van der Waals surface area contributed by atoms with E-state index in [9.17, 15) is 4.39 Å². The van der Waals surface area contributed by atoms with Crippen molar-refractivity contribution in [3.63, 3.8) is 0 Å². The van der Waals surface area contributed by atoms with Gasteiger partial charge in [0.1, 0.15) is 11.6 Å². The molecule has 3 aromatic rings. The first-order valence-corrected chi connectivity index (χ1v) is 10.3. The Morgan fingerprint density at radius 3 is 2.61 bits per heavy atom. The van der Waals surface area contributed by atoms with Gasteiger partial charge in [0.15, 0.2) is 11.5 Å². The largest absolute Gasteiger partial charge is 0.493 e. The van der Waals surface area contributed by atoms with Gasteiger partial charge in [-0.25, -0.2) is 9.40 Å². The van der Waals surface area contributed by atoms with Crippen LogP contribution in [0, 0.1) is 5.82 Å². The quantitative estimate of drug-likeness (QED) is 0.521. The molecule has 0 bridgehead atoms. The van der Waals surface area contributed by atoms with Gasteiger partial charge in [-0.3, -0.25) is 0 Å². The minimum atomic E-state index is -0.565. The summed E-state index contributed by atoms with van der Waals surface area (Å²) in [5, 5.41) is 6.87. The number of halogens is 2. The number of nitrogens with zero attached hydrogens (tertiary/aromatic N) is 2. The van der Waals surface area contributed by atoms with Crippen LogP contribution in [0.4, 0.5) is 4.39 Å². The molecule has 0 amide bonds. The Labute approximate surface area is 184 Å². The van der Waals surface area contributed by atoms with Crippen LogP contribution in [0.5, 0.6) is 17.2 Å². The fraction of sp³-hybridized carbons (Fsp3) is 0.208. The molecule has 0 aliphatic carbocycles. The lowest BCUT2D eigenvalue weighted by molar-refractivity contribution is -0.0192. The maximum Gasteiger partial charge on any atom is 0.213 e. The molecular formula is C24H20ClFN2O3. The summed E-state index contributed by atoms with van der Waals surface area (Å²) in [6.07, 6.45) is 0.118. The van der Waals surface area contributed by atoms with E-state index in [1.54, 1.807) is 26.4 Å². The van der Waals surface area contributed by atoms with Gasteiger partial charge in [0.25, 0.3) is 0 Å². The highest BCUT2D eigenvalue weighted by molar-refractivity contribution is 6.30. The Morgan fingerprint density at radius 2 is 1.84 bits per heavy atom. The van der Waals surface area contributed by atoms with Gasteiger partial charge < -0.3 is 14.2 Å². The summed E-state index contributed by atoms with van der Waals surface area (Å²) in [5.41, 5.74) is 3.53. The van der Waals surface area contributed by atoms with Gasteiger partial charge in [0, 0.05) is 23.1 Å². The van der Waals surface area contributed by atoms with Gasteiger partial charge in [-0.2, -0.15) is 5.10 Å². The zero-order valence-electron chi connectivity index (χ0n) is 17.0. The molecule has 0 unspecified atom stereocenters. The summed E-state index contributed by atoms with van der Waals surface area (Å²) in [5.74, 6) is 1.58. The van der Waals surface area contributed by atoms with Crippen LogP contribution in [0.25, 0.3) is 0 Å². The second-order valence-electron chi connectivity index (χ2n) is 7.40. The van der Waals surface area contributed by atoms with Crippen LogP contribution in [-0.4, -0.2) is 24.9 Å². The van der Waals surface area contributed by atoms with Gasteiger partial charge in [-0.15, -0.1) is 0 Å². The number of methoxy groups -OCH3 is 2. The zero-order valence-corrected chi connectivity index (χ0v) is 17.8. The molecule has 2 aliphatic rings. The highest BCUT2D eigenvalue weighted by Gasteiger charge is 2.41. The SMILES string of the molecule is COc1ccc(C2=NN3[C@H](C2)c2ccccc2O[C@H]3c2ccc(Cl)c(F)c2)cc1OC. The van der Waals surface area contributed by atoms with Crippen molar-refractivity contribution < 1.29 is 18.6 Å². The molecule has 0 saturated heterocycles. The lowest BCUT2D eigenvalue weighted by Gasteiger charge is -2.38. The predicted molar refractivity (Wildman–Crippen MR) is 117 cm³/mol. The van der Waals surface area contributed by atoms with E-state index in [1.165, 1.54) is 6.07 Å². The van der Waals surface area contributed by atoms with Crippen LogP contribution in [0.3, 0.4) is 0 Å². The van der Waals surface area contributed by atoms with Crippen molar-refractivity contribution in [3.8, 4) is 17.2 Å². The number of hydrazone groups is 1. The van der Waals surface area contributed by atoms with Crippen molar-refractivity contribution >= 4 is 17.3 Å². The van der Waals surface area contributed by atoms with Crippen molar-refractivity contribution in [1.82, 2.24) is 5.01 Å². The Bertz CT molecular complexity index is 1180. The molecule has 2 aliphatic heterocycles. The average Bonchev–Trinajstić information content (AvgIpc) is 3.25. The van der Waals surface area contributed by atoms with Crippen LogP contribution in [0.15, 0.2) is 65.8 Å². The Morgan fingerprint density at radius 1 is 1.03 bits per heavy atom. The fourth-order valence-corrected chi connectivity index (χ4v) is 4.23. The number of para-hydroxylation sites is 1. The fourth-order valence-electron chi connectivity index (χ4n) is 4.11. The molecule has 31 heavy (non-hydrogen) atoms. The second-order valence-corrected chi connectivity index (χ2v) is 7.81. The van der Waals surface area contributed by atoms with Crippen molar-refractivity contribution in [2.45, 2.75) is 18.7 Å². The predicted octanol–water partition coefficient (Wildman–Crippen LogP) is 5.74. The minimum absolute atomic E-state index is 0.0308. The Hall–Kier alpha value is -3.25. The summed E-state index contributed by atoms with van der Waals surface area (Å²) in [4.78, 5) is 0. The topological polar surface area (TPSA) is 43.3 Å². The summed E-state index contributed by atoms with van der Waals surface area (Å²) >= 11 is 5.89. The lowest BCUT2D eigenvalue weighted by atomic mass is 9.96. The van der Waals surface area contributed by atoms with E-state index in [4.69, 9.17) is 30.9 Å². The van der Waals surface area contributed by atoms with E-state index in [1.807, 2.05) is 47.5 Å². The first-order chi connectivity index (χ1) is 15.1. The van der Waals surface area contributed by atoms with E-state index in [2.05, 4.69) is 0 Å². The molecule has 3 aromatic carbocycles. The van der Waals surface area contributed by atoms with Gasteiger partial charge >= 0.3 is 0 Å². The molecule has 5 rings (SSSR count). The number of hydrogen-bond acceptors (Lipinski definition) is 5. The van der Waals surface area contributed by atoms with E-state index >= 15 is 0 Å². The molecule has 0 fully saturated rings. The number of hydrogen-bond donors (Lipinski definition) is 0. The van der Waals surface area contributed by atoms with Crippen molar-refractivity contribution in [2.75, 3.05) is 14.2 Å². The van der Waals surface area contributed by atoms with E-state index in [0.717, 1.165) is 22.6 Å². The van der Waals surface area contributed by atoms with Crippen LogP contribution in [0.2, 0.25) is 5.02 Å². The van der Waals surface area contributed by atoms with Gasteiger partial charge in [0.2, 0.25) is 6.23 Å². The van der Waals surface area contributed by atoms with Gasteiger partial charge in [-0.05, 0) is 36.4 Å². The summed E-state index contributed by atoms with van der Waals surface area (Å²) in [6, 6.07) is 18.3. The number of ether oxygens (including phenoxy) is 3. The minimum Gasteiger partial charge on any atom is -0.493 e. The smallest absolute Gasteiger partial charge is 0.213 e. The molecule has 0 radical (unpaired) electrons. The van der Waals surface area contributed by atoms with Gasteiger partial charge in [-0.1, -0.05) is 35.9 Å². The zero-order chi connectivity index (χ0) is 21.5. The molecule has 5 nitrogen and oxygen atoms in total. The van der Waals surface area contributed by atoms with Crippen LogP contribution < -0.4 is 14.2 Å². The number of rotatable bonds is 4. The third-order valence-electron chi connectivity index (χ3n) is 5.64. The molecule has 0 saturated carbocycles. The maximum absolute atomic E-state index is 14.2. The third-order valence-corrected chi connectivity index (χ3v) is 5.95. The molecule has 2 heterocycles. The van der Waals surface area contributed by atoms with Gasteiger partial charge in [0.05, 0.1) is 31.0 Å². The maximum atomic E-state index is 14.2. The monoisotopic (exact) mass is 438 g/mol. The van der Waals surface area contributed by atoms with Crippen LogP contribution in [-0.2, 0) is 0 Å². The molecule has 7 heteroatoms. The lowest BCUT2D eigenvalue weighted by Crippen LogP contribution is -2.33. The van der Waals surface area contributed by atoms with Crippen molar-refractivity contribution in [3.05, 3.63) is 88.2 Å². The highest BCUT2D eigenvalue weighted by Crippen LogP contribution is 2.47. The number of fused-ring (bicyclic) bond motifs is 3. The molecule has 0 N–H and O–H groups in total. The highest BCUT2D eigenvalue weighted by atomic mass is 35.5. The molecule has 0 aromatic heterocycles. The van der Waals surface area contributed by atoms with Crippen molar-refractivity contribution in [1.29, 1.82) is 0 Å². The molecular weight excluding hydrogens is 419 g/mol. The van der Waals surface area contributed by atoms with Crippen LogP contribution >= 0.6 is 11.6 Å². The Balaban J connectivity index is 1.58. The molecule has 158 valence electrons. The van der Waals surface area contributed by atoms with Crippen LogP contribution in [0.1, 0.15) is 35.4 Å². The number of benzene rings is 3. The average molecular weight is 439 g/mol. The van der Waals surface area contributed by atoms with E-state index in [0.29, 0.717) is 23.5 Å². The summed E-state index contributed by atoms with van der Waals surface area (Å²) in [6.45, 7) is 0. The normalized spacial score (nSPS) is 19.2. The second kappa shape index (κ2) is 7.78. The molecule has 2 atom stereocenters.